The predicted molar refractivity (Wildman–Crippen MR) is 50.0 cm³/mol. The molecule has 0 spiro atoms. The van der Waals surface area contributed by atoms with E-state index in [9.17, 15) is 8.60 Å². The number of hydrogen-bond acceptors (Lipinski definition) is 2. The molecule has 1 rings (SSSR count). The van der Waals surface area contributed by atoms with Crippen molar-refractivity contribution in [2.75, 3.05) is 7.11 Å². The summed E-state index contributed by atoms with van der Waals surface area (Å²) in [4.78, 5) is -0.0934. The van der Waals surface area contributed by atoms with E-state index in [1.165, 1.54) is 13.2 Å². The molecule has 13 heavy (non-hydrogen) atoms. The first-order valence-electron chi connectivity index (χ1n) is 3.49. The van der Waals surface area contributed by atoms with Gasteiger partial charge in [-0.2, -0.15) is 0 Å². The number of benzene rings is 1. The number of hydrogen-bond donors (Lipinski definition) is 0. The second kappa shape index (κ2) is 4.07. The van der Waals surface area contributed by atoms with Gasteiger partial charge < -0.3 is 4.74 Å². The normalized spacial score (nSPS) is 12.6. The fraction of sp³-hybridized carbons (Fsp3) is 0.250. The van der Waals surface area contributed by atoms with Crippen LogP contribution in [0.2, 0.25) is 0 Å². The van der Waals surface area contributed by atoms with Crippen molar-refractivity contribution in [3.63, 3.8) is 0 Å². The van der Waals surface area contributed by atoms with Crippen LogP contribution in [0.25, 0.3) is 0 Å². The Bertz CT molecular complexity index is 354. The van der Waals surface area contributed by atoms with Crippen molar-refractivity contribution in [1.82, 2.24) is 0 Å². The van der Waals surface area contributed by atoms with Crippen LogP contribution in [-0.4, -0.2) is 11.3 Å². The first-order chi connectivity index (χ1) is 6.07. The molecule has 0 aromatic heterocycles. The van der Waals surface area contributed by atoms with Crippen molar-refractivity contribution in [3.8, 4) is 5.75 Å². The monoisotopic (exact) mass is 222 g/mol. The Labute approximate surface area is 82.6 Å². The van der Waals surface area contributed by atoms with Gasteiger partial charge in [-0.05, 0) is 29.2 Å². The van der Waals surface area contributed by atoms with Gasteiger partial charge in [0.1, 0.15) is 16.5 Å². The molecule has 1 unspecified atom stereocenters. The maximum atomic E-state index is 13.3. The first kappa shape index (κ1) is 10.5. The van der Waals surface area contributed by atoms with Crippen molar-refractivity contribution >= 4 is 20.7 Å². The average molecular weight is 223 g/mol. The zero-order valence-corrected chi connectivity index (χ0v) is 8.71. The molecule has 5 heteroatoms. The van der Waals surface area contributed by atoms with E-state index in [-0.39, 0.29) is 10.6 Å². The third kappa shape index (κ3) is 2.00. The molecule has 0 bridgehead atoms. The van der Waals surface area contributed by atoms with Crippen LogP contribution >= 0.6 is 10.7 Å². The molecule has 1 aromatic rings. The van der Waals surface area contributed by atoms with E-state index in [2.05, 4.69) is 0 Å². The van der Waals surface area contributed by atoms with Gasteiger partial charge in [-0.1, -0.05) is 6.07 Å². The maximum Gasteiger partial charge on any atom is 0.154 e. The molecule has 0 amide bonds. The van der Waals surface area contributed by atoms with Gasteiger partial charge in [0.05, 0.1) is 7.11 Å². The van der Waals surface area contributed by atoms with E-state index in [0.29, 0.717) is 5.56 Å². The Hall–Kier alpha value is -0.610. The molecule has 2 nitrogen and oxygen atoms in total. The number of aryl methyl sites for hydroxylation is 1. The molecule has 0 saturated heterocycles. The van der Waals surface area contributed by atoms with Crippen LogP contribution in [0.4, 0.5) is 4.39 Å². The molecular formula is C8H8ClFO2S. The average Bonchev–Trinajstić information content (AvgIpc) is 2.08. The van der Waals surface area contributed by atoms with Gasteiger partial charge in [0.15, 0.2) is 10.0 Å². The molecule has 0 fully saturated rings. The third-order valence-corrected chi connectivity index (χ3v) is 2.80. The molecule has 72 valence electrons. The lowest BCUT2D eigenvalue weighted by Crippen LogP contribution is -1.97. The lowest BCUT2D eigenvalue weighted by molar-refractivity contribution is 0.396. The van der Waals surface area contributed by atoms with Gasteiger partial charge >= 0.3 is 0 Å². The van der Waals surface area contributed by atoms with Gasteiger partial charge in [0.2, 0.25) is 0 Å². The van der Waals surface area contributed by atoms with Crippen molar-refractivity contribution < 1.29 is 13.3 Å². The molecule has 0 aliphatic heterocycles. The van der Waals surface area contributed by atoms with Gasteiger partial charge in [-0.15, -0.1) is 0 Å². The lowest BCUT2D eigenvalue weighted by Gasteiger charge is -2.07. The Morgan fingerprint density at radius 3 is 2.62 bits per heavy atom. The minimum absolute atomic E-state index is 0.0934. The maximum absolute atomic E-state index is 13.3. The fourth-order valence-electron chi connectivity index (χ4n) is 0.947. The minimum Gasteiger partial charge on any atom is -0.495 e. The summed E-state index contributed by atoms with van der Waals surface area (Å²) >= 11 is 0. The molecule has 0 aliphatic carbocycles. The Balaban J connectivity index is 3.41. The summed E-state index contributed by atoms with van der Waals surface area (Å²) in [6.45, 7) is 1.57. The van der Waals surface area contributed by atoms with Gasteiger partial charge in [0.25, 0.3) is 0 Å². The van der Waals surface area contributed by atoms with Crippen LogP contribution < -0.4 is 4.74 Å². The highest BCUT2D eigenvalue weighted by atomic mass is 35.7. The molecule has 0 heterocycles. The van der Waals surface area contributed by atoms with Crippen LogP contribution in [-0.2, 0) is 10.0 Å². The van der Waals surface area contributed by atoms with Crippen LogP contribution in [0.1, 0.15) is 5.56 Å². The van der Waals surface area contributed by atoms with Crippen molar-refractivity contribution in [3.05, 3.63) is 23.5 Å². The lowest BCUT2D eigenvalue weighted by atomic mass is 10.2. The highest BCUT2D eigenvalue weighted by molar-refractivity contribution is 8.08. The quantitative estimate of drug-likeness (QED) is 0.719. The summed E-state index contributed by atoms with van der Waals surface area (Å²) in [5, 5.41) is 0. The Morgan fingerprint density at radius 1 is 1.54 bits per heavy atom. The summed E-state index contributed by atoms with van der Waals surface area (Å²) in [5.74, 6) is -0.371. The van der Waals surface area contributed by atoms with Crippen LogP contribution in [0.3, 0.4) is 0 Å². The second-order valence-electron chi connectivity index (χ2n) is 2.45. The molecule has 0 radical (unpaired) electrons. The van der Waals surface area contributed by atoms with Crippen molar-refractivity contribution in [2.45, 2.75) is 11.8 Å². The standard InChI is InChI=1S/C8H8ClFO2S/c1-5-3-4-6(12-2)8(7(5)10)13(9)11/h3-4H,1-2H3. The summed E-state index contributed by atoms with van der Waals surface area (Å²) in [6.07, 6.45) is 0. The van der Waals surface area contributed by atoms with E-state index in [0.717, 1.165) is 0 Å². The summed E-state index contributed by atoms with van der Waals surface area (Å²) in [7, 11) is 4.80. The highest BCUT2D eigenvalue weighted by Crippen LogP contribution is 2.28. The van der Waals surface area contributed by atoms with Crippen LogP contribution in [0.5, 0.6) is 5.75 Å². The number of halogens is 2. The largest absolute Gasteiger partial charge is 0.495 e. The topological polar surface area (TPSA) is 26.3 Å². The molecule has 0 saturated carbocycles. The zero-order valence-electron chi connectivity index (χ0n) is 7.14. The summed E-state index contributed by atoms with van der Waals surface area (Å²) in [5.41, 5.74) is 0.393. The van der Waals surface area contributed by atoms with E-state index < -0.39 is 15.8 Å². The smallest absolute Gasteiger partial charge is 0.154 e. The number of methoxy groups -OCH3 is 1. The third-order valence-electron chi connectivity index (χ3n) is 1.63. The second-order valence-corrected chi connectivity index (χ2v) is 4.15. The molecular weight excluding hydrogens is 215 g/mol. The zero-order chi connectivity index (χ0) is 10.0. The highest BCUT2D eigenvalue weighted by Gasteiger charge is 2.16. The van der Waals surface area contributed by atoms with E-state index in [4.69, 9.17) is 15.4 Å². The minimum atomic E-state index is -1.89. The van der Waals surface area contributed by atoms with E-state index in [1.54, 1.807) is 13.0 Å². The molecule has 1 aromatic carbocycles. The fourth-order valence-corrected chi connectivity index (χ4v) is 1.99. The van der Waals surface area contributed by atoms with Crippen molar-refractivity contribution in [1.29, 1.82) is 0 Å². The molecule has 0 N–H and O–H groups in total. The van der Waals surface area contributed by atoms with Gasteiger partial charge in [0, 0.05) is 0 Å². The Morgan fingerprint density at radius 2 is 2.15 bits per heavy atom. The van der Waals surface area contributed by atoms with Crippen LogP contribution in [0, 0.1) is 12.7 Å². The van der Waals surface area contributed by atoms with Gasteiger partial charge in [-0.25, -0.2) is 8.60 Å². The van der Waals surface area contributed by atoms with Gasteiger partial charge in [-0.3, -0.25) is 0 Å². The summed E-state index contributed by atoms with van der Waals surface area (Å²) in [6, 6.07) is 3.08. The van der Waals surface area contributed by atoms with E-state index >= 15 is 0 Å². The number of rotatable bonds is 2. The Kier molecular flexibility index (Phi) is 3.27. The number of ether oxygens (including phenoxy) is 1. The SMILES string of the molecule is COc1ccc(C)c(F)c1S(=O)Cl. The molecule has 0 aliphatic rings. The van der Waals surface area contributed by atoms with Crippen LogP contribution in [0.15, 0.2) is 17.0 Å². The summed E-state index contributed by atoms with van der Waals surface area (Å²) < 4.78 is 29.1. The molecule has 1 atom stereocenters. The first-order valence-corrected chi connectivity index (χ1v) is 5.46. The van der Waals surface area contributed by atoms with E-state index in [1.807, 2.05) is 0 Å². The van der Waals surface area contributed by atoms with Crippen molar-refractivity contribution in [2.24, 2.45) is 0 Å². The predicted octanol–water partition coefficient (Wildman–Crippen LogP) is 2.40.